The summed E-state index contributed by atoms with van der Waals surface area (Å²) in [5, 5.41) is 2.81. The average molecular weight is 267 g/mol. The molecule has 1 N–H and O–H groups in total. The summed E-state index contributed by atoms with van der Waals surface area (Å²) in [6.07, 6.45) is 3.22. The standard InChI is InChI=1S/C14H25N3O2/c1-3-12-10-16(2)7-4-8-17(12)14(19)11-5-6-13(18)15-9-11/h11-12H,3-10H2,1-2H3,(H,15,18). The minimum atomic E-state index is -0.0184. The molecule has 2 heterocycles. The van der Waals surface area contributed by atoms with Crippen molar-refractivity contribution in [2.45, 2.75) is 38.6 Å². The van der Waals surface area contributed by atoms with Crippen molar-refractivity contribution in [3.05, 3.63) is 0 Å². The molecule has 2 amide bonds. The van der Waals surface area contributed by atoms with Crippen LogP contribution in [0.25, 0.3) is 0 Å². The summed E-state index contributed by atoms with van der Waals surface area (Å²) in [5.74, 6) is 0.295. The molecule has 0 aromatic rings. The van der Waals surface area contributed by atoms with Crippen molar-refractivity contribution in [3.63, 3.8) is 0 Å². The maximum Gasteiger partial charge on any atom is 0.227 e. The van der Waals surface area contributed by atoms with Gasteiger partial charge in [-0.25, -0.2) is 0 Å². The largest absolute Gasteiger partial charge is 0.355 e. The highest BCUT2D eigenvalue weighted by Gasteiger charge is 2.32. The van der Waals surface area contributed by atoms with Crippen molar-refractivity contribution >= 4 is 11.8 Å². The van der Waals surface area contributed by atoms with Gasteiger partial charge in [0.2, 0.25) is 11.8 Å². The monoisotopic (exact) mass is 267 g/mol. The van der Waals surface area contributed by atoms with Crippen LogP contribution in [0.5, 0.6) is 0 Å². The van der Waals surface area contributed by atoms with Gasteiger partial charge in [0.25, 0.3) is 0 Å². The van der Waals surface area contributed by atoms with Gasteiger partial charge in [0.1, 0.15) is 0 Å². The molecule has 2 unspecified atom stereocenters. The van der Waals surface area contributed by atoms with Crippen LogP contribution in [0.4, 0.5) is 0 Å². The summed E-state index contributed by atoms with van der Waals surface area (Å²) in [4.78, 5) is 28.2. The number of piperidine rings is 1. The van der Waals surface area contributed by atoms with Crippen LogP contribution in [0, 0.1) is 5.92 Å². The normalized spacial score (nSPS) is 29.8. The van der Waals surface area contributed by atoms with Crippen molar-refractivity contribution in [1.29, 1.82) is 0 Å². The molecule has 2 rings (SSSR count). The first kappa shape index (κ1) is 14.3. The van der Waals surface area contributed by atoms with Gasteiger partial charge in [-0.15, -0.1) is 0 Å². The third-order valence-electron chi connectivity index (χ3n) is 4.27. The van der Waals surface area contributed by atoms with Crippen LogP contribution in [0.15, 0.2) is 0 Å². The molecule has 0 saturated carbocycles. The molecule has 0 aromatic carbocycles. The fourth-order valence-electron chi connectivity index (χ4n) is 3.06. The molecule has 0 radical (unpaired) electrons. The van der Waals surface area contributed by atoms with Crippen LogP contribution >= 0.6 is 0 Å². The Balaban J connectivity index is 2.01. The average Bonchev–Trinajstić information content (AvgIpc) is 2.60. The van der Waals surface area contributed by atoms with E-state index in [1.165, 1.54) is 0 Å². The third-order valence-corrected chi connectivity index (χ3v) is 4.27. The van der Waals surface area contributed by atoms with Crippen LogP contribution in [0.2, 0.25) is 0 Å². The highest BCUT2D eigenvalue weighted by Crippen LogP contribution is 2.19. The van der Waals surface area contributed by atoms with Gasteiger partial charge in [0.05, 0.1) is 5.92 Å². The number of carbonyl (C=O) groups is 2. The van der Waals surface area contributed by atoms with Gasteiger partial charge in [-0.05, 0) is 32.9 Å². The number of nitrogens with one attached hydrogen (secondary N) is 1. The first-order chi connectivity index (χ1) is 9.11. The second-order valence-corrected chi connectivity index (χ2v) is 5.75. The molecule has 2 saturated heterocycles. The molecule has 19 heavy (non-hydrogen) atoms. The van der Waals surface area contributed by atoms with Crippen molar-refractivity contribution in [3.8, 4) is 0 Å². The van der Waals surface area contributed by atoms with Gasteiger partial charge < -0.3 is 15.1 Å². The van der Waals surface area contributed by atoms with Gasteiger partial charge in [0.15, 0.2) is 0 Å². The zero-order valence-corrected chi connectivity index (χ0v) is 12.0. The second-order valence-electron chi connectivity index (χ2n) is 5.75. The highest BCUT2D eigenvalue weighted by atomic mass is 16.2. The zero-order valence-electron chi connectivity index (χ0n) is 12.0. The van der Waals surface area contributed by atoms with E-state index in [0.717, 1.165) is 32.5 Å². The molecule has 2 aliphatic heterocycles. The molecular formula is C14H25N3O2. The lowest BCUT2D eigenvalue weighted by molar-refractivity contribution is -0.139. The molecule has 108 valence electrons. The predicted molar refractivity (Wildman–Crippen MR) is 73.6 cm³/mol. The zero-order chi connectivity index (χ0) is 13.8. The van der Waals surface area contributed by atoms with E-state index in [0.29, 0.717) is 25.4 Å². The van der Waals surface area contributed by atoms with E-state index < -0.39 is 0 Å². The third kappa shape index (κ3) is 3.47. The highest BCUT2D eigenvalue weighted by molar-refractivity contribution is 5.84. The number of rotatable bonds is 2. The van der Waals surface area contributed by atoms with Crippen LogP contribution in [0.1, 0.15) is 32.6 Å². The molecular weight excluding hydrogens is 242 g/mol. The van der Waals surface area contributed by atoms with Crippen molar-refractivity contribution in [2.75, 3.05) is 33.2 Å². The predicted octanol–water partition coefficient (Wildman–Crippen LogP) is 0.455. The number of likely N-dealkylation sites (N-methyl/N-ethyl adjacent to an activating group) is 1. The molecule has 0 bridgehead atoms. The lowest BCUT2D eigenvalue weighted by atomic mass is 9.96. The van der Waals surface area contributed by atoms with E-state index >= 15 is 0 Å². The smallest absolute Gasteiger partial charge is 0.227 e. The van der Waals surface area contributed by atoms with Crippen molar-refractivity contribution in [2.24, 2.45) is 5.92 Å². The molecule has 0 aromatic heterocycles. The van der Waals surface area contributed by atoms with Gasteiger partial charge in [0, 0.05) is 32.1 Å². The molecule has 0 aliphatic carbocycles. The summed E-state index contributed by atoms with van der Waals surface area (Å²) in [6.45, 7) is 5.53. The van der Waals surface area contributed by atoms with Crippen LogP contribution in [-0.4, -0.2) is 60.9 Å². The maximum atomic E-state index is 12.6. The fraction of sp³-hybridized carbons (Fsp3) is 0.857. The van der Waals surface area contributed by atoms with Crippen molar-refractivity contribution < 1.29 is 9.59 Å². The van der Waals surface area contributed by atoms with Crippen molar-refractivity contribution in [1.82, 2.24) is 15.1 Å². The van der Waals surface area contributed by atoms with Crippen LogP contribution < -0.4 is 5.32 Å². The Morgan fingerprint density at radius 1 is 1.42 bits per heavy atom. The Morgan fingerprint density at radius 2 is 2.21 bits per heavy atom. The number of hydrogen-bond donors (Lipinski definition) is 1. The molecule has 5 heteroatoms. The quantitative estimate of drug-likeness (QED) is 0.790. The van der Waals surface area contributed by atoms with Gasteiger partial charge >= 0.3 is 0 Å². The lowest BCUT2D eigenvalue weighted by Gasteiger charge is -2.34. The first-order valence-electron chi connectivity index (χ1n) is 7.37. The number of hydrogen-bond acceptors (Lipinski definition) is 3. The summed E-state index contributed by atoms with van der Waals surface area (Å²) >= 11 is 0. The summed E-state index contributed by atoms with van der Waals surface area (Å²) in [6, 6.07) is 0.317. The van der Waals surface area contributed by atoms with E-state index in [-0.39, 0.29) is 17.7 Å². The van der Waals surface area contributed by atoms with Crippen LogP contribution in [-0.2, 0) is 9.59 Å². The molecule has 2 aliphatic rings. The first-order valence-corrected chi connectivity index (χ1v) is 7.37. The minimum Gasteiger partial charge on any atom is -0.355 e. The van der Waals surface area contributed by atoms with E-state index in [9.17, 15) is 9.59 Å². The Bertz CT molecular complexity index is 336. The summed E-state index contributed by atoms with van der Waals surface area (Å²) in [5.41, 5.74) is 0. The van der Waals surface area contributed by atoms with E-state index in [2.05, 4.69) is 29.1 Å². The van der Waals surface area contributed by atoms with Gasteiger partial charge in [-0.3, -0.25) is 9.59 Å². The second kappa shape index (κ2) is 6.37. The van der Waals surface area contributed by atoms with E-state index in [1.54, 1.807) is 0 Å². The topological polar surface area (TPSA) is 52.7 Å². The Hall–Kier alpha value is -1.10. The molecule has 2 atom stereocenters. The van der Waals surface area contributed by atoms with E-state index in [1.807, 2.05) is 0 Å². The number of nitrogens with zero attached hydrogens (tertiary/aromatic N) is 2. The number of amides is 2. The Kier molecular flexibility index (Phi) is 4.80. The number of carbonyl (C=O) groups excluding carboxylic acids is 2. The SMILES string of the molecule is CCC1CN(C)CCCN1C(=O)C1CCC(=O)NC1. The van der Waals surface area contributed by atoms with Crippen LogP contribution in [0.3, 0.4) is 0 Å². The fourth-order valence-corrected chi connectivity index (χ4v) is 3.06. The Labute approximate surface area is 115 Å². The van der Waals surface area contributed by atoms with E-state index in [4.69, 9.17) is 0 Å². The van der Waals surface area contributed by atoms with Gasteiger partial charge in [-0.2, -0.15) is 0 Å². The Morgan fingerprint density at radius 3 is 2.84 bits per heavy atom. The lowest BCUT2D eigenvalue weighted by Crippen LogP contribution is -2.50. The molecule has 2 fully saturated rings. The van der Waals surface area contributed by atoms with Gasteiger partial charge in [-0.1, -0.05) is 6.92 Å². The maximum absolute atomic E-state index is 12.6. The summed E-state index contributed by atoms with van der Waals surface area (Å²) in [7, 11) is 2.12. The summed E-state index contributed by atoms with van der Waals surface area (Å²) < 4.78 is 0. The molecule has 0 spiro atoms. The minimum absolute atomic E-state index is 0.0184. The molecule has 5 nitrogen and oxygen atoms in total.